The Bertz CT molecular complexity index is 40.2. The van der Waals surface area contributed by atoms with Crippen LogP contribution in [-0.2, 0) is 4.31 Å². The number of rotatable bonds is 2. The van der Waals surface area contributed by atoms with Crippen LogP contribution in [0.15, 0.2) is 0 Å². The number of hydrogen-bond acceptors (Lipinski definition) is 3. The van der Waals surface area contributed by atoms with E-state index in [1.54, 1.807) is 0 Å². The molecule has 0 aliphatic carbocycles. The van der Waals surface area contributed by atoms with E-state index in [2.05, 4.69) is 4.31 Å². The minimum absolute atomic E-state index is 1.67. The highest BCUT2D eigenvalue weighted by molar-refractivity contribution is 8.02. The molecule has 3 nitrogen and oxygen atoms in total. The molecule has 0 amide bonds. The third-order valence-electron chi connectivity index (χ3n) is 0.135. The summed E-state index contributed by atoms with van der Waals surface area (Å²) in [5, 5.41) is 0. The van der Waals surface area contributed by atoms with Crippen LogP contribution in [0, 0.1) is 0 Å². The zero-order valence-electron chi connectivity index (χ0n) is 2.95. The van der Waals surface area contributed by atoms with Crippen LogP contribution < -0.4 is 0 Å². The van der Waals surface area contributed by atoms with E-state index in [9.17, 15) is 0 Å². The van der Waals surface area contributed by atoms with Gasteiger partial charge in [0.25, 0.3) is 0 Å². The fraction of sp³-hybridized carbons (Fsp3) is 0. The molecular formula is H2Cl2O3P2. The van der Waals surface area contributed by atoms with E-state index in [0.717, 1.165) is 0 Å². The second-order valence-electron chi connectivity index (χ2n) is 0.536. The fourth-order valence-electron chi connectivity index (χ4n) is 0.0552. The van der Waals surface area contributed by atoms with Crippen LogP contribution in [-0.4, -0.2) is 9.79 Å². The summed E-state index contributed by atoms with van der Waals surface area (Å²) in [7, 11) is -2.38. The molecule has 7 heavy (non-hydrogen) atoms. The zero-order chi connectivity index (χ0) is 5.86. The molecule has 0 aromatic carbocycles. The van der Waals surface area contributed by atoms with Crippen molar-refractivity contribution in [1.82, 2.24) is 0 Å². The van der Waals surface area contributed by atoms with Crippen LogP contribution in [0.3, 0.4) is 0 Å². The maximum Gasteiger partial charge on any atom is 0.332 e. The summed E-state index contributed by atoms with van der Waals surface area (Å²) < 4.78 is 4.02. The molecule has 0 atom stereocenters. The van der Waals surface area contributed by atoms with Gasteiger partial charge in [0.05, 0.1) is 0 Å². The van der Waals surface area contributed by atoms with E-state index in [0.29, 0.717) is 0 Å². The van der Waals surface area contributed by atoms with Gasteiger partial charge in [0.1, 0.15) is 0 Å². The fourth-order valence-corrected chi connectivity index (χ4v) is 1.49. The third-order valence-corrected chi connectivity index (χ3v) is 2.32. The molecule has 0 aromatic rings. The maximum atomic E-state index is 7.97. The number of hydrogen-bond donors (Lipinski definition) is 2. The Morgan fingerprint density at radius 1 is 1.29 bits per heavy atom. The first kappa shape index (κ1) is 8.32. The summed E-state index contributed by atoms with van der Waals surface area (Å²) in [5.41, 5.74) is 0. The lowest BCUT2D eigenvalue weighted by molar-refractivity contribution is 0.395. The van der Waals surface area contributed by atoms with Gasteiger partial charge in [-0.25, -0.2) is 0 Å². The normalized spacial score (nSPS) is 11.1. The smallest absolute Gasteiger partial charge is 0.328 e. The Morgan fingerprint density at radius 3 is 1.71 bits per heavy atom. The van der Waals surface area contributed by atoms with Crippen molar-refractivity contribution < 1.29 is 14.1 Å². The highest BCUT2D eigenvalue weighted by Crippen LogP contribution is 2.56. The summed E-state index contributed by atoms with van der Waals surface area (Å²) >= 11 is 9.95. The monoisotopic (exact) mass is 182 g/mol. The van der Waals surface area contributed by atoms with E-state index < -0.39 is 15.5 Å². The van der Waals surface area contributed by atoms with Crippen molar-refractivity contribution in [2.24, 2.45) is 0 Å². The van der Waals surface area contributed by atoms with Crippen molar-refractivity contribution in [2.75, 3.05) is 0 Å². The first-order valence-corrected chi connectivity index (χ1v) is 5.34. The summed E-state index contributed by atoms with van der Waals surface area (Å²) in [6.45, 7) is -1.67. The van der Waals surface area contributed by atoms with Crippen LogP contribution in [0.4, 0.5) is 0 Å². The van der Waals surface area contributed by atoms with Crippen LogP contribution >= 0.6 is 37.9 Å². The molecule has 0 saturated carbocycles. The van der Waals surface area contributed by atoms with E-state index in [-0.39, 0.29) is 0 Å². The average molecular weight is 183 g/mol. The third kappa shape index (κ3) is 7.32. The summed E-state index contributed by atoms with van der Waals surface area (Å²) in [4.78, 5) is 15.9. The molecule has 0 spiro atoms. The Morgan fingerprint density at radius 2 is 1.71 bits per heavy atom. The summed E-state index contributed by atoms with van der Waals surface area (Å²) in [5.74, 6) is 0. The Labute approximate surface area is 52.6 Å². The van der Waals surface area contributed by atoms with Gasteiger partial charge in [-0.3, -0.25) is 4.31 Å². The van der Waals surface area contributed by atoms with Gasteiger partial charge in [-0.2, -0.15) is 0 Å². The van der Waals surface area contributed by atoms with Crippen molar-refractivity contribution in [1.29, 1.82) is 0 Å². The molecule has 44 valence electrons. The van der Waals surface area contributed by atoms with E-state index in [4.69, 9.17) is 32.3 Å². The molecule has 0 saturated heterocycles. The van der Waals surface area contributed by atoms with E-state index >= 15 is 0 Å². The van der Waals surface area contributed by atoms with Crippen LogP contribution in [0.1, 0.15) is 0 Å². The molecule has 0 fully saturated rings. The van der Waals surface area contributed by atoms with Gasteiger partial charge in [0, 0.05) is 0 Å². The predicted molar refractivity (Wildman–Crippen MR) is 31.1 cm³/mol. The summed E-state index contributed by atoms with van der Waals surface area (Å²) in [6, 6.07) is 0. The van der Waals surface area contributed by atoms with Crippen molar-refractivity contribution in [3.8, 4) is 0 Å². The molecule has 0 heterocycles. The summed E-state index contributed by atoms with van der Waals surface area (Å²) in [6.07, 6.45) is 0. The lowest BCUT2D eigenvalue weighted by Crippen LogP contribution is -1.64. The Balaban J connectivity index is 2.95. The molecule has 7 heteroatoms. The van der Waals surface area contributed by atoms with Crippen molar-refractivity contribution in [3.05, 3.63) is 0 Å². The first-order chi connectivity index (χ1) is 3.13. The molecule has 0 aliphatic heterocycles. The zero-order valence-corrected chi connectivity index (χ0v) is 6.25. The van der Waals surface area contributed by atoms with Gasteiger partial charge < -0.3 is 9.79 Å². The molecule has 0 unspecified atom stereocenters. The first-order valence-electron chi connectivity index (χ1n) is 1.10. The van der Waals surface area contributed by atoms with Crippen LogP contribution in [0.2, 0.25) is 0 Å². The molecule has 0 aromatic heterocycles. The molecule has 0 radical (unpaired) electrons. The van der Waals surface area contributed by atoms with Crippen LogP contribution in [0.5, 0.6) is 0 Å². The van der Waals surface area contributed by atoms with Crippen molar-refractivity contribution >= 4 is 37.9 Å². The van der Waals surface area contributed by atoms with E-state index in [1.165, 1.54) is 0 Å². The molecule has 0 aliphatic rings. The largest absolute Gasteiger partial charge is 0.332 e. The Kier molecular flexibility index (Phi) is 5.02. The minimum atomic E-state index is -2.38. The van der Waals surface area contributed by atoms with Crippen LogP contribution in [0.25, 0.3) is 0 Å². The molecule has 2 N–H and O–H groups in total. The van der Waals surface area contributed by atoms with Gasteiger partial charge in [-0.15, -0.1) is 0 Å². The maximum absolute atomic E-state index is 7.97. The minimum Gasteiger partial charge on any atom is -0.328 e. The van der Waals surface area contributed by atoms with Gasteiger partial charge in [0.2, 0.25) is 6.85 Å². The molecule has 0 rings (SSSR count). The van der Waals surface area contributed by atoms with Gasteiger partial charge in [-0.1, -0.05) is 0 Å². The van der Waals surface area contributed by atoms with Crippen molar-refractivity contribution in [2.45, 2.75) is 0 Å². The second kappa shape index (κ2) is 4.22. The SMILES string of the molecule is OP(O)OP(Cl)Cl. The van der Waals surface area contributed by atoms with Crippen molar-refractivity contribution in [3.63, 3.8) is 0 Å². The quantitative estimate of drug-likeness (QED) is 0.642. The lowest BCUT2D eigenvalue weighted by atomic mass is 15.8. The molecule has 0 bridgehead atoms. The lowest BCUT2D eigenvalue weighted by Gasteiger charge is -1.99. The number of halogens is 2. The average Bonchev–Trinajstić information content (AvgIpc) is 1.27. The highest BCUT2D eigenvalue weighted by atomic mass is 35.9. The second-order valence-corrected chi connectivity index (χ2v) is 4.46. The topological polar surface area (TPSA) is 49.7 Å². The predicted octanol–water partition coefficient (Wildman–Crippen LogP) is 1.92. The van der Waals surface area contributed by atoms with Gasteiger partial charge >= 0.3 is 8.60 Å². The highest BCUT2D eigenvalue weighted by Gasteiger charge is 2.05. The van der Waals surface area contributed by atoms with Gasteiger partial charge in [0.15, 0.2) is 0 Å². The van der Waals surface area contributed by atoms with Gasteiger partial charge in [-0.05, 0) is 22.5 Å². The molecular weight excluding hydrogens is 181 g/mol. The Hall–Kier alpha value is 1.32. The van der Waals surface area contributed by atoms with E-state index in [1.807, 2.05) is 0 Å². The standard InChI is InChI=1S/Cl2H2O3P2/c1-6(2)5-7(3)4/h3-4H.